The van der Waals surface area contributed by atoms with E-state index in [2.05, 4.69) is 55.4 Å². The van der Waals surface area contributed by atoms with Gasteiger partial charge in [0.1, 0.15) is 19.3 Å². The summed E-state index contributed by atoms with van der Waals surface area (Å²) in [6.45, 7) is 14.1. The first-order valence-electron chi connectivity index (χ1n) is 37.2. The minimum atomic E-state index is -4.95. The van der Waals surface area contributed by atoms with Crippen molar-refractivity contribution in [2.24, 2.45) is 23.7 Å². The molecule has 0 aromatic carbocycles. The lowest BCUT2D eigenvalue weighted by molar-refractivity contribution is -0.161. The van der Waals surface area contributed by atoms with Gasteiger partial charge in [0.25, 0.3) is 0 Å². The first-order valence-corrected chi connectivity index (χ1v) is 40.2. The van der Waals surface area contributed by atoms with Crippen LogP contribution in [0.1, 0.15) is 357 Å². The zero-order valence-electron chi connectivity index (χ0n) is 59.5. The van der Waals surface area contributed by atoms with Gasteiger partial charge in [-0.15, -0.1) is 0 Å². The third-order valence-corrected chi connectivity index (χ3v) is 18.8. The van der Waals surface area contributed by atoms with Crippen LogP contribution in [0.25, 0.3) is 0 Å². The van der Waals surface area contributed by atoms with E-state index in [1.54, 1.807) is 0 Å². The molecule has 0 aliphatic rings. The Hall–Kier alpha value is -1.94. The molecule has 17 nitrogen and oxygen atoms in total. The number of phosphoric ester groups is 2. The van der Waals surface area contributed by atoms with Crippen LogP contribution in [0.3, 0.4) is 0 Å². The number of hydrogen-bond donors (Lipinski definition) is 3. The van der Waals surface area contributed by atoms with Crippen molar-refractivity contribution in [3.05, 3.63) is 0 Å². The van der Waals surface area contributed by atoms with E-state index < -0.39 is 97.5 Å². The number of ether oxygens (including phenoxy) is 4. The van der Waals surface area contributed by atoms with E-state index in [9.17, 15) is 43.2 Å². The molecule has 0 spiro atoms. The van der Waals surface area contributed by atoms with Gasteiger partial charge in [0.05, 0.1) is 26.4 Å². The highest BCUT2D eigenvalue weighted by Crippen LogP contribution is 2.45. The van der Waals surface area contributed by atoms with Crippen LogP contribution in [0.5, 0.6) is 0 Å². The molecule has 540 valence electrons. The van der Waals surface area contributed by atoms with Gasteiger partial charge in [-0.2, -0.15) is 0 Å². The molecule has 0 saturated heterocycles. The fraction of sp³-hybridized carbons (Fsp3) is 0.944. The second-order valence-corrected chi connectivity index (χ2v) is 30.6. The summed E-state index contributed by atoms with van der Waals surface area (Å²) >= 11 is 0. The van der Waals surface area contributed by atoms with Gasteiger partial charge in [0, 0.05) is 25.7 Å². The first kappa shape index (κ1) is 89.1. The van der Waals surface area contributed by atoms with E-state index >= 15 is 0 Å². The van der Waals surface area contributed by atoms with E-state index in [4.69, 9.17) is 37.0 Å². The Morgan fingerprint density at radius 1 is 0.308 bits per heavy atom. The molecule has 0 aliphatic heterocycles. The van der Waals surface area contributed by atoms with Gasteiger partial charge in [0.2, 0.25) is 0 Å². The van der Waals surface area contributed by atoms with Crippen LogP contribution in [0.15, 0.2) is 0 Å². The average molecular weight is 1340 g/mol. The number of carbonyl (C=O) groups excluding carboxylic acids is 4. The minimum absolute atomic E-state index is 0.103. The quantitative estimate of drug-likeness (QED) is 0.0222. The first-order chi connectivity index (χ1) is 43.6. The molecule has 0 aromatic heterocycles. The molecule has 19 heteroatoms. The summed E-state index contributed by atoms with van der Waals surface area (Å²) in [6, 6.07) is 0. The third-order valence-electron chi connectivity index (χ3n) is 16.9. The molecule has 0 bridgehead atoms. The van der Waals surface area contributed by atoms with E-state index in [1.807, 2.05) is 0 Å². The van der Waals surface area contributed by atoms with Crippen molar-refractivity contribution in [1.29, 1.82) is 0 Å². The van der Waals surface area contributed by atoms with E-state index in [-0.39, 0.29) is 25.7 Å². The molecule has 6 atom stereocenters. The molecule has 0 rings (SSSR count). The van der Waals surface area contributed by atoms with Gasteiger partial charge < -0.3 is 33.8 Å². The maximum absolute atomic E-state index is 13.0. The Morgan fingerprint density at radius 3 is 0.780 bits per heavy atom. The predicted octanol–water partition coefficient (Wildman–Crippen LogP) is 20.5. The Labute approximate surface area is 556 Å². The van der Waals surface area contributed by atoms with Crippen LogP contribution in [0, 0.1) is 23.7 Å². The normalized spacial score (nSPS) is 14.5. The Morgan fingerprint density at radius 2 is 0.527 bits per heavy atom. The van der Waals surface area contributed by atoms with E-state index in [1.165, 1.54) is 154 Å². The average Bonchev–Trinajstić information content (AvgIpc) is 3.71. The van der Waals surface area contributed by atoms with Crippen molar-refractivity contribution in [3.8, 4) is 0 Å². The maximum atomic E-state index is 13.0. The van der Waals surface area contributed by atoms with Crippen LogP contribution in [0.2, 0.25) is 0 Å². The summed E-state index contributed by atoms with van der Waals surface area (Å²) in [4.78, 5) is 72.6. The van der Waals surface area contributed by atoms with Gasteiger partial charge in [0.15, 0.2) is 12.2 Å². The van der Waals surface area contributed by atoms with Crippen molar-refractivity contribution >= 4 is 39.5 Å². The fourth-order valence-corrected chi connectivity index (χ4v) is 12.4. The molecule has 3 unspecified atom stereocenters. The lowest BCUT2D eigenvalue weighted by atomic mass is 10.00. The summed E-state index contributed by atoms with van der Waals surface area (Å²) in [5, 5.41) is 10.6. The Balaban J connectivity index is 5.22. The van der Waals surface area contributed by atoms with Gasteiger partial charge in [-0.05, 0) is 49.4 Å². The Bertz CT molecular complexity index is 1800. The number of aliphatic hydroxyl groups is 1. The Kier molecular flexibility index (Phi) is 60.3. The summed E-state index contributed by atoms with van der Waals surface area (Å²) in [5.41, 5.74) is 0. The predicted molar refractivity (Wildman–Crippen MR) is 367 cm³/mol. The number of aliphatic hydroxyl groups excluding tert-OH is 1. The highest BCUT2D eigenvalue weighted by atomic mass is 31.2. The van der Waals surface area contributed by atoms with Crippen molar-refractivity contribution < 1.29 is 80.2 Å². The van der Waals surface area contributed by atoms with Crippen LogP contribution >= 0.6 is 15.6 Å². The van der Waals surface area contributed by atoms with Crippen LogP contribution in [0.4, 0.5) is 0 Å². The highest BCUT2D eigenvalue weighted by molar-refractivity contribution is 7.47. The summed E-state index contributed by atoms with van der Waals surface area (Å²) in [5.74, 6) is 0.862. The number of hydrogen-bond acceptors (Lipinski definition) is 15. The second-order valence-electron chi connectivity index (χ2n) is 27.6. The largest absolute Gasteiger partial charge is 0.472 e. The van der Waals surface area contributed by atoms with E-state index in [0.29, 0.717) is 25.7 Å². The molecule has 0 saturated carbocycles. The number of rotatable bonds is 69. The SMILES string of the molecule is CCC(C)CCCCCCCCC(=O)OC[C@H](COP(=O)(O)OC[C@H](O)COP(=O)(O)OC[C@@H](COC(=O)CCCCCCCCCCCCCCCCCC(C)C)OC(=O)CCCCCCCCCCCC(C)C)OC(=O)CCCCCCCCCCC(C)C. The van der Waals surface area contributed by atoms with Crippen molar-refractivity contribution in [2.75, 3.05) is 39.6 Å². The number of carbonyl (C=O) groups is 4. The lowest BCUT2D eigenvalue weighted by Gasteiger charge is -2.21. The molecule has 0 aliphatic carbocycles. The van der Waals surface area contributed by atoms with E-state index in [0.717, 1.165) is 120 Å². The fourth-order valence-electron chi connectivity index (χ4n) is 10.8. The van der Waals surface area contributed by atoms with Crippen LogP contribution in [-0.4, -0.2) is 96.7 Å². The molecule has 0 amide bonds. The van der Waals surface area contributed by atoms with Gasteiger partial charge in [-0.3, -0.25) is 37.3 Å². The summed E-state index contributed by atoms with van der Waals surface area (Å²) in [7, 11) is -9.90. The van der Waals surface area contributed by atoms with Crippen molar-refractivity contribution in [3.63, 3.8) is 0 Å². The summed E-state index contributed by atoms with van der Waals surface area (Å²) < 4.78 is 68.3. The van der Waals surface area contributed by atoms with Crippen LogP contribution < -0.4 is 0 Å². The van der Waals surface area contributed by atoms with Gasteiger partial charge >= 0.3 is 39.5 Å². The molecule has 3 N–H and O–H groups in total. The zero-order valence-corrected chi connectivity index (χ0v) is 61.3. The molecule has 0 fully saturated rings. The molecule has 0 aromatic rings. The lowest BCUT2D eigenvalue weighted by Crippen LogP contribution is -2.30. The molecule has 0 heterocycles. The second kappa shape index (κ2) is 61.6. The van der Waals surface area contributed by atoms with Gasteiger partial charge in [-0.25, -0.2) is 9.13 Å². The molecule has 0 radical (unpaired) electrons. The third kappa shape index (κ3) is 65.1. The minimum Gasteiger partial charge on any atom is -0.462 e. The molecule has 91 heavy (non-hydrogen) atoms. The van der Waals surface area contributed by atoms with Crippen LogP contribution in [-0.2, 0) is 65.4 Å². The summed E-state index contributed by atoms with van der Waals surface area (Å²) in [6.07, 6.45) is 44.6. The smallest absolute Gasteiger partial charge is 0.462 e. The zero-order chi connectivity index (χ0) is 67.5. The number of phosphoric acid groups is 2. The maximum Gasteiger partial charge on any atom is 0.472 e. The monoisotopic (exact) mass is 1340 g/mol. The van der Waals surface area contributed by atoms with Crippen molar-refractivity contribution in [2.45, 2.75) is 375 Å². The van der Waals surface area contributed by atoms with Gasteiger partial charge in [-0.1, -0.05) is 306 Å². The van der Waals surface area contributed by atoms with Crippen molar-refractivity contribution in [1.82, 2.24) is 0 Å². The standard InChI is InChI=1S/C72H140O17P2/c1-9-65(8)51-43-35-30-31-37-45-53-70(75)83-59-68(89-72(77)55-47-39-29-23-22-26-34-42-50-64(6)7)61-87-91(80,81)85-57-66(73)56-84-90(78,79)86-60-67(88-71(76)54-46-38-28-21-17-19-25-33-41-49-63(4)5)58-82-69(74)52-44-36-27-20-16-14-12-10-11-13-15-18-24-32-40-48-62(2)3/h62-68,73H,9-61H2,1-8H3,(H,78,79)(H,80,81)/t65?,66-,67-,68-/m1/s1. The molecular formula is C72H140O17P2. The highest BCUT2D eigenvalue weighted by Gasteiger charge is 2.30. The number of unbranched alkanes of at least 4 members (excludes halogenated alkanes) is 34. The topological polar surface area (TPSA) is 237 Å². The molecular weight excluding hydrogens is 1200 g/mol. The number of esters is 4.